The first-order chi connectivity index (χ1) is 9.97. The predicted molar refractivity (Wildman–Crippen MR) is 76.5 cm³/mol. The van der Waals surface area contributed by atoms with Crippen molar-refractivity contribution in [2.75, 3.05) is 20.2 Å². The van der Waals surface area contributed by atoms with E-state index in [1.165, 1.54) is 36.3 Å². The zero-order valence-electron chi connectivity index (χ0n) is 12.0. The summed E-state index contributed by atoms with van der Waals surface area (Å²) in [5.41, 5.74) is 0.494. The fourth-order valence-electron chi connectivity index (χ4n) is 1.76. The number of benzene rings is 1. The number of carbonyl (C=O) groups excluding carboxylic acids is 1. The standard InChI is InChI=1S/C15H18FNO4/c1-3-8-17(10-15(19)20)14(18)7-5-11-4-6-13(21-2)12(16)9-11/h4-7,9H,3,8,10H2,1-2H3,(H,19,20)/b7-5+. The Bertz CT molecular complexity index is 542. The molecule has 0 aliphatic heterocycles. The van der Waals surface area contributed by atoms with Gasteiger partial charge < -0.3 is 14.7 Å². The minimum atomic E-state index is -1.07. The van der Waals surface area contributed by atoms with Gasteiger partial charge in [0.2, 0.25) is 5.91 Å². The Balaban J connectivity index is 2.79. The van der Waals surface area contributed by atoms with E-state index in [1.54, 1.807) is 6.07 Å². The molecule has 0 aliphatic carbocycles. The van der Waals surface area contributed by atoms with Crippen LogP contribution in [0.2, 0.25) is 0 Å². The lowest BCUT2D eigenvalue weighted by Crippen LogP contribution is -2.35. The van der Waals surface area contributed by atoms with Gasteiger partial charge in [-0.15, -0.1) is 0 Å². The van der Waals surface area contributed by atoms with Crippen LogP contribution in [0.3, 0.4) is 0 Å². The van der Waals surface area contributed by atoms with Crippen LogP contribution in [0.1, 0.15) is 18.9 Å². The van der Waals surface area contributed by atoms with Gasteiger partial charge in [0.1, 0.15) is 6.54 Å². The maximum Gasteiger partial charge on any atom is 0.323 e. The Morgan fingerprint density at radius 2 is 2.14 bits per heavy atom. The highest BCUT2D eigenvalue weighted by atomic mass is 19.1. The average molecular weight is 295 g/mol. The molecule has 0 unspecified atom stereocenters. The van der Waals surface area contributed by atoms with Crippen molar-refractivity contribution in [1.29, 1.82) is 0 Å². The highest BCUT2D eigenvalue weighted by molar-refractivity contribution is 5.93. The SMILES string of the molecule is CCCN(CC(=O)O)C(=O)/C=C/c1ccc(OC)c(F)c1. The van der Waals surface area contributed by atoms with E-state index in [4.69, 9.17) is 9.84 Å². The summed E-state index contributed by atoms with van der Waals surface area (Å²) < 4.78 is 18.3. The van der Waals surface area contributed by atoms with Crippen molar-refractivity contribution in [2.24, 2.45) is 0 Å². The average Bonchev–Trinajstić information content (AvgIpc) is 2.44. The summed E-state index contributed by atoms with van der Waals surface area (Å²) >= 11 is 0. The molecule has 0 spiro atoms. The van der Waals surface area contributed by atoms with Gasteiger partial charge in [-0.3, -0.25) is 9.59 Å². The van der Waals surface area contributed by atoms with E-state index in [1.807, 2.05) is 6.92 Å². The fraction of sp³-hybridized carbons (Fsp3) is 0.333. The number of nitrogens with zero attached hydrogens (tertiary/aromatic N) is 1. The normalized spacial score (nSPS) is 10.6. The molecule has 0 bridgehead atoms. The molecule has 114 valence electrons. The lowest BCUT2D eigenvalue weighted by Gasteiger charge is -2.17. The second-order valence-corrected chi connectivity index (χ2v) is 4.38. The largest absolute Gasteiger partial charge is 0.494 e. The van der Waals surface area contributed by atoms with Gasteiger partial charge in [-0.25, -0.2) is 4.39 Å². The van der Waals surface area contributed by atoms with Crippen molar-refractivity contribution in [3.8, 4) is 5.75 Å². The molecule has 0 aromatic heterocycles. The minimum Gasteiger partial charge on any atom is -0.494 e. The molecule has 0 saturated carbocycles. The topological polar surface area (TPSA) is 66.8 Å². The van der Waals surface area contributed by atoms with Crippen LogP contribution in [0.4, 0.5) is 4.39 Å². The van der Waals surface area contributed by atoms with Gasteiger partial charge in [-0.05, 0) is 30.2 Å². The maximum absolute atomic E-state index is 13.5. The summed E-state index contributed by atoms with van der Waals surface area (Å²) in [4.78, 5) is 23.8. The molecular weight excluding hydrogens is 277 g/mol. The molecule has 1 rings (SSSR count). The third-order valence-electron chi connectivity index (χ3n) is 2.73. The molecule has 0 radical (unpaired) electrons. The quantitative estimate of drug-likeness (QED) is 0.783. The van der Waals surface area contributed by atoms with Crippen LogP contribution in [0.25, 0.3) is 6.08 Å². The number of carboxylic acids is 1. The molecule has 1 aromatic rings. The molecule has 21 heavy (non-hydrogen) atoms. The molecule has 0 atom stereocenters. The van der Waals surface area contributed by atoms with E-state index in [-0.39, 0.29) is 12.3 Å². The molecular formula is C15H18FNO4. The van der Waals surface area contributed by atoms with Crippen molar-refractivity contribution in [3.05, 3.63) is 35.7 Å². The minimum absolute atomic E-state index is 0.122. The van der Waals surface area contributed by atoms with Crippen molar-refractivity contribution < 1.29 is 23.8 Å². The molecule has 0 fully saturated rings. The van der Waals surface area contributed by atoms with Crippen molar-refractivity contribution in [2.45, 2.75) is 13.3 Å². The van der Waals surface area contributed by atoms with E-state index in [2.05, 4.69) is 0 Å². The van der Waals surface area contributed by atoms with Gasteiger partial charge in [-0.1, -0.05) is 13.0 Å². The Morgan fingerprint density at radius 3 is 2.67 bits per heavy atom. The first-order valence-corrected chi connectivity index (χ1v) is 6.50. The van der Waals surface area contributed by atoms with E-state index in [0.29, 0.717) is 18.5 Å². The lowest BCUT2D eigenvalue weighted by atomic mass is 10.2. The zero-order chi connectivity index (χ0) is 15.8. The number of hydrogen-bond donors (Lipinski definition) is 1. The Morgan fingerprint density at radius 1 is 1.43 bits per heavy atom. The van der Waals surface area contributed by atoms with E-state index in [0.717, 1.165) is 0 Å². The van der Waals surface area contributed by atoms with Crippen LogP contribution in [-0.4, -0.2) is 42.1 Å². The van der Waals surface area contributed by atoms with Gasteiger partial charge in [0.05, 0.1) is 7.11 Å². The van der Waals surface area contributed by atoms with Crippen molar-refractivity contribution in [1.82, 2.24) is 4.90 Å². The van der Waals surface area contributed by atoms with Gasteiger partial charge >= 0.3 is 5.97 Å². The van der Waals surface area contributed by atoms with Crippen LogP contribution < -0.4 is 4.74 Å². The first kappa shape index (κ1) is 16.7. The smallest absolute Gasteiger partial charge is 0.323 e. The van der Waals surface area contributed by atoms with Crippen LogP contribution in [-0.2, 0) is 9.59 Å². The number of amides is 1. The second kappa shape index (κ2) is 8.04. The number of rotatable bonds is 7. The Kier molecular flexibility index (Phi) is 6.39. The number of carboxylic acid groups (broad SMARTS) is 1. The van der Waals surface area contributed by atoms with Crippen molar-refractivity contribution >= 4 is 18.0 Å². The van der Waals surface area contributed by atoms with E-state index >= 15 is 0 Å². The molecule has 0 saturated heterocycles. The molecule has 6 heteroatoms. The van der Waals surface area contributed by atoms with Gasteiger partial charge in [0, 0.05) is 12.6 Å². The fourth-order valence-corrected chi connectivity index (χ4v) is 1.76. The number of aliphatic carboxylic acids is 1. The van der Waals surface area contributed by atoms with Gasteiger partial charge in [0.15, 0.2) is 11.6 Å². The van der Waals surface area contributed by atoms with Crippen LogP contribution >= 0.6 is 0 Å². The molecule has 1 aromatic carbocycles. The molecule has 1 N–H and O–H groups in total. The summed E-state index contributed by atoms with van der Waals surface area (Å²) in [6.07, 6.45) is 3.33. The molecule has 1 amide bonds. The summed E-state index contributed by atoms with van der Waals surface area (Å²) in [6.45, 7) is 1.85. The summed E-state index contributed by atoms with van der Waals surface area (Å²) in [7, 11) is 1.37. The third kappa shape index (κ3) is 5.25. The second-order valence-electron chi connectivity index (χ2n) is 4.38. The highest BCUT2D eigenvalue weighted by Gasteiger charge is 2.13. The van der Waals surface area contributed by atoms with E-state index < -0.39 is 17.7 Å². The van der Waals surface area contributed by atoms with Gasteiger partial charge in [-0.2, -0.15) is 0 Å². The van der Waals surface area contributed by atoms with Crippen LogP contribution in [0.5, 0.6) is 5.75 Å². The highest BCUT2D eigenvalue weighted by Crippen LogP contribution is 2.18. The van der Waals surface area contributed by atoms with E-state index in [9.17, 15) is 14.0 Å². The maximum atomic E-state index is 13.5. The first-order valence-electron chi connectivity index (χ1n) is 6.50. The number of hydrogen-bond acceptors (Lipinski definition) is 3. The number of methoxy groups -OCH3 is 1. The van der Waals surface area contributed by atoms with Crippen molar-refractivity contribution in [3.63, 3.8) is 0 Å². The number of halogens is 1. The predicted octanol–water partition coefficient (Wildman–Crippen LogP) is 2.17. The van der Waals surface area contributed by atoms with Gasteiger partial charge in [0.25, 0.3) is 0 Å². The lowest BCUT2D eigenvalue weighted by molar-refractivity contribution is -0.142. The zero-order valence-corrected chi connectivity index (χ0v) is 12.0. The van der Waals surface area contributed by atoms with Crippen LogP contribution in [0, 0.1) is 5.82 Å². The Labute approximate surface area is 122 Å². The third-order valence-corrected chi connectivity index (χ3v) is 2.73. The Hall–Kier alpha value is -2.37. The monoisotopic (exact) mass is 295 g/mol. The number of ether oxygens (including phenoxy) is 1. The summed E-state index contributed by atoms with van der Waals surface area (Å²) in [6, 6.07) is 4.30. The van der Waals surface area contributed by atoms with Crippen LogP contribution in [0.15, 0.2) is 24.3 Å². The molecule has 0 aliphatic rings. The summed E-state index contributed by atoms with van der Waals surface area (Å²) in [5.74, 6) is -1.89. The summed E-state index contributed by atoms with van der Waals surface area (Å²) in [5, 5.41) is 8.76. The molecule has 0 heterocycles. The molecule has 5 nitrogen and oxygen atoms in total. The number of carbonyl (C=O) groups is 2.